The Morgan fingerprint density at radius 3 is 2.56 bits per heavy atom. The number of aromatic nitrogens is 3. The molecule has 0 fully saturated rings. The maximum absolute atomic E-state index is 12.4. The molecule has 2 heterocycles. The van der Waals surface area contributed by atoms with E-state index in [1.165, 1.54) is 12.3 Å². The first kappa shape index (κ1) is 13.0. The van der Waals surface area contributed by atoms with Gasteiger partial charge >= 0.3 is 6.18 Å². The van der Waals surface area contributed by atoms with Gasteiger partial charge in [0.25, 0.3) is 0 Å². The zero-order chi connectivity index (χ0) is 13.3. The number of aromatic amines is 1. The molecule has 8 heteroatoms. The van der Waals surface area contributed by atoms with E-state index in [-0.39, 0.29) is 15.5 Å². The highest BCUT2D eigenvalue weighted by Gasteiger charge is 2.31. The number of hydrogen-bond acceptors (Lipinski definition) is 3. The van der Waals surface area contributed by atoms with Crippen LogP contribution in [0, 0.1) is 4.77 Å². The summed E-state index contributed by atoms with van der Waals surface area (Å²) < 4.78 is 37.5. The minimum atomic E-state index is -4.47. The molecule has 94 valence electrons. The molecule has 18 heavy (non-hydrogen) atoms. The van der Waals surface area contributed by atoms with Crippen molar-refractivity contribution in [2.24, 2.45) is 0 Å². The van der Waals surface area contributed by atoms with Crippen molar-refractivity contribution in [1.29, 1.82) is 0 Å². The number of rotatable bonds is 1. The molecule has 0 spiro atoms. The molecule has 0 aliphatic heterocycles. The third-order valence-electron chi connectivity index (χ3n) is 2.10. The largest absolute Gasteiger partial charge is 0.417 e. The first-order chi connectivity index (χ1) is 8.38. The van der Waals surface area contributed by atoms with Crippen LogP contribution in [0.5, 0.6) is 0 Å². The second kappa shape index (κ2) is 4.66. The molecule has 2 aromatic heterocycles. The lowest BCUT2D eigenvalue weighted by Gasteiger charge is -2.08. The van der Waals surface area contributed by atoms with Crippen molar-refractivity contribution < 1.29 is 13.2 Å². The van der Waals surface area contributed by atoms with Crippen LogP contribution in [-0.2, 0) is 6.18 Å². The maximum Gasteiger partial charge on any atom is 0.417 e. The van der Waals surface area contributed by atoms with Gasteiger partial charge in [-0.1, -0.05) is 11.6 Å². The molecule has 0 amide bonds. The van der Waals surface area contributed by atoms with E-state index in [0.717, 1.165) is 12.3 Å². The predicted octanol–water partition coefficient (Wildman–Crippen LogP) is 3.87. The van der Waals surface area contributed by atoms with Crippen molar-refractivity contribution in [3.8, 4) is 11.4 Å². The molecule has 0 unspecified atom stereocenters. The molecule has 0 radical (unpaired) electrons. The Morgan fingerprint density at radius 1 is 1.28 bits per heavy atom. The predicted molar refractivity (Wildman–Crippen MR) is 62.7 cm³/mol. The van der Waals surface area contributed by atoms with E-state index < -0.39 is 11.7 Å². The summed E-state index contributed by atoms with van der Waals surface area (Å²) in [5, 5.41) is -0.110. The third-order valence-corrected chi connectivity index (χ3v) is 2.59. The first-order valence-electron chi connectivity index (χ1n) is 4.66. The van der Waals surface area contributed by atoms with Crippen LogP contribution in [0.25, 0.3) is 11.4 Å². The van der Waals surface area contributed by atoms with Gasteiger partial charge in [-0.05, 0) is 24.4 Å². The van der Waals surface area contributed by atoms with Crippen LogP contribution in [0.1, 0.15) is 5.56 Å². The van der Waals surface area contributed by atoms with Crippen LogP contribution in [0.4, 0.5) is 13.2 Å². The number of nitrogens with one attached hydrogen (secondary N) is 1. The fourth-order valence-electron chi connectivity index (χ4n) is 1.30. The third kappa shape index (κ3) is 2.68. The maximum atomic E-state index is 12.4. The molecular formula is C10H5ClF3N3S. The summed E-state index contributed by atoms with van der Waals surface area (Å²) >= 11 is 10.6. The average molecular weight is 292 g/mol. The van der Waals surface area contributed by atoms with Gasteiger partial charge in [0.1, 0.15) is 5.69 Å². The standard InChI is InChI=1S/C10H5ClF3N3S/c11-6-3-5(10(12,13)14)4-16-8(6)7-1-2-15-9(18)17-7/h1-4H,(H,15,17,18). The van der Waals surface area contributed by atoms with Crippen LogP contribution in [0.3, 0.4) is 0 Å². The molecule has 0 aromatic carbocycles. The Bertz CT molecular complexity index is 639. The van der Waals surface area contributed by atoms with Gasteiger partial charge in [0.05, 0.1) is 16.3 Å². The summed E-state index contributed by atoms with van der Waals surface area (Å²) in [4.78, 5) is 10.2. The molecule has 3 nitrogen and oxygen atoms in total. The Hall–Kier alpha value is -1.47. The van der Waals surface area contributed by atoms with Gasteiger partial charge in [-0.25, -0.2) is 4.98 Å². The molecule has 0 atom stereocenters. The summed E-state index contributed by atoms with van der Waals surface area (Å²) in [6.07, 6.45) is -2.33. The topological polar surface area (TPSA) is 41.6 Å². The van der Waals surface area contributed by atoms with Crippen LogP contribution in [0.15, 0.2) is 24.5 Å². The van der Waals surface area contributed by atoms with E-state index >= 15 is 0 Å². The van der Waals surface area contributed by atoms with E-state index in [0.29, 0.717) is 5.69 Å². The van der Waals surface area contributed by atoms with Crippen molar-refractivity contribution in [2.75, 3.05) is 0 Å². The second-order valence-corrected chi connectivity index (χ2v) is 4.13. The number of H-pyrrole nitrogens is 1. The van der Waals surface area contributed by atoms with Gasteiger partial charge in [-0.15, -0.1) is 0 Å². The summed E-state index contributed by atoms with van der Waals surface area (Å²) in [6, 6.07) is 2.35. The number of alkyl halides is 3. The summed E-state index contributed by atoms with van der Waals surface area (Å²) in [5.74, 6) is 0. The molecule has 0 saturated heterocycles. The van der Waals surface area contributed by atoms with E-state index in [2.05, 4.69) is 15.0 Å². The van der Waals surface area contributed by atoms with E-state index in [1.807, 2.05) is 0 Å². The molecule has 0 aliphatic carbocycles. The van der Waals surface area contributed by atoms with Crippen LogP contribution >= 0.6 is 23.8 Å². The quantitative estimate of drug-likeness (QED) is 0.811. The minimum absolute atomic E-state index is 0.110. The van der Waals surface area contributed by atoms with Gasteiger partial charge < -0.3 is 4.98 Å². The van der Waals surface area contributed by atoms with Crippen LogP contribution < -0.4 is 0 Å². The Labute approximate surface area is 110 Å². The fourth-order valence-corrected chi connectivity index (χ4v) is 1.74. The van der Waals surface area contributed by atoms with E-state index in [1.54, 1.807) is 0 Å². The highest BCUT2D eigenvalue weighted by atomic mass is 35.5. The van der Waals surface area contributed by atoms with Gasteiger partial charge in [-0.3, -0.25) is 4.98 Å². The number of nitrogens with zero attached hydrogens (tertiary/aromatic N) is 2. The SMILES string of the molecule is FC(F)(F)c1cnc(-c2ccnc(=S)[nH]2)c(Cl)c1. The lowest BCUT2D eigenvalue weighted by atomic mass is 10.2. The monoisotopic (exact) mass is 291 g/mol. The molecule has 2 aromatic rings. The van der Waals surface area contributed by atoms with Crippen molar-refractivity contribution in [3.05, 3.63) is 39.9 Å². The molecule has 0 aliphatic rings. The molecule has 0 bridgehead atoms. The molecule has 1 N–H and O–H groups in total. The number of hydrogen-bond donors (Lipinski definition) is 1. The van der Waals surface area contributed by atoms with Gasteiger partial charge in [0, 0.05) is 12.4 Å². The average Bonchev–Trinajstić information content (AvgIpc) is 2.27. The van der Waals surface area contributed by atoms with Crippen LogP contribution in [0.2, 0.25) is 5.02 Å². The highest BCUT2D eigenvalue weighted by molar-refractivity contribution is 7.71. The Kier molecular flexibility index (Phi) is 3.36. The summed E-state index contributed by atoms with van der Waals surface area (Å²) in [5.41, 5.74) is -0.296. The summed E-state index contributed by atoms with van der Waals surface area (Å²) in [7, 11) is 0. The van der Waals surface area contributed by atoms with Crippen molar-refractivity contribution in [1.82, 2.24) is 15.0 Å². The smallest absolute Gasteiger partial charge is 0.329 e. The normalized spacial score (nSPS) is 11.6. The van der Waals surface area contributed by atoms with Crippen molar-refractivity contribution in [3.63, 3.8) is 0 Å². The van der Waals surface area contributed by atoms with E-state index in [4.69, 9.17) is 23.8 Å². The molecule has 0 saturated carbocycles. The Balaban J connectivity index is 2.52. The number of halogens is 4. The van der Waals surface area contributed by atoms with Crippen molar-refractivity contribution in [2.45, 2.75) is 6.18 Å². The minimum Gasteiger partial charge on any atom is -0.329 e. The van der Waals surface area contributed by atoms with E-state index in [9.17, 15) is 13.2 Å². The van der Waals surface area contributed by atoms with Gasteiger partial charge in [0.2, 0.25) is 0 Å². The lowest BCUT2D eigenvalue weighted by Crippen LogP contribution is -2.06. The fraction of sp³-hybridized carbons (Fsp3) is 0.100. The van der Waals surface area contributed by atoms with Crippen molar-refractivity contribution >= 4 is 23.8 Å². The first-order valence-corrected chi connectivity index (χ1v) is 5.45. The highest BCUT2D eigenvalue weighted by Crippen LogP contribution is 2.33. The second-order valence-electron chi connectivity index (χ2n) is 3.34. The lowest BCUT2D eigenvalue weighted by molar-refractivity contribution is -0.137. The molecular weight excluding hydrogens is 287 g/mol. The molecule has 2 rings (SSSR count). The zero-order valence-electron chi connectivity index (χ0n) is 8.62. The van der Waals surface area contributed by atoms with Gasteiger partial charge in [0.15, 0.2) is 4.77 Å². The van der Waals surface area contributed by atoms with Crippen LogP contribution in [-0.4, -0.2) is 15.0 Å². The Morgan fingerprint density at radius 2 is 2.00 bits per heavy atom. The zero-order valence-corrected chi connectivity index (χ0v) is 10.2. The van der Waals surface area contributed by atoms with Gasteiger partial charge in [-0.2, -0.15) is 13.2 Å². The number of pyridine rings is 1. The summed E-state index contributed by atoms with van der Waals surface area (Å²) in [6.45, 7) is 0.